The molecule has 0 aliphatic carbocycles. The van der Waals surface area contributed by atoms with Crippen molar-refractivity contribution in [2.75, 3.05) is 5.73 Å². The fraction of sp³-hybridized carbons (Fsp3) is 0.0588. The molecule has 0 radical (unpaired) electrons. The highest BCUT2D eigenvalue weighted by Gasteiger charge is 2.14. The number of aryl methyl sites for hydroxylation is 1. The third kappa shape index (κ3) is 1.56. The predicted molar refractivity (Wildman–Crippen MR) is 86.5 cm³/mol. The van der Waals surface area contributed by atoms with Gasteiger partial charge in [0.05, 0.1) is 27.5 Å². The van der Waals surface area contributed by atoms with Gasteiger partial charge in [-0.3, -0.25) is 4.79 Å². The summed E-state index contributed by atoms with van der Waals surface area (Å²) in [6.07, 6.45) is 0. The Morgan fingerprint density at radius 1 is 1.05 bits per heavy atom. The summed E-state index contributed by atoms with van der Waals surface area (Å²) in [5, 5.41) is 2.20. The molecule has 102 valence electrons. The maximum absolute atomic E-state index is 12.2. The molecule has 0 fully saturated rings. The summed E-state index contributed by atoms with van der Waals surface area (Å²) >= 11 is 0. The highest BCUT2D eigenvalue weighted by atomic mass is 16.1. The topological polar surface area (TPSA) is 71.8 Å². The number of aromatic nitrogens is 2. The third-order valence-corrected chi connectivity index (χ3v) is 3.90. The standard InChI is InChI=1S/C17H13N3O/c1-9-5-2-3-6-10-15(18)14-13-11(7-4-8-12(13)21)19-17(14)20-16(9)10/h2-8H,18H2,1H3,(H,19,20). The van der Waals surface area contributed by atoms with Crippen LogP contribution in [0.5, 0.6) is 0 Å². The summed E-state index contributed by atoms with van der Waals surface area (Å²) in [5.74, 6) is 0. The van der Waals surface area contributed by atoms with E-state index in [2.05, 4.69) is 9.97 Å². The van der Waals surface area contributed by atoms with Gasteiger partial charge in [-0.1, -0.05) is 30.3 Å². The van der Waals surface area contributed by atoms with Crippen LogP contribution in [0.1, 0.15) is 5.56 Å². The van der Waals surface area contributed by atoms with Gasteiger partial charge < -0.3 is 10.7 Å². The first-order valence-electron chi connectivity index (χ1n) is 6.76. The lowest BCUT2D eigenvalue weighted by Crippen LogP contribution is -1.98. The minimum Gasteiger partial charge on any atom is -0.398 e. The number of hydrogen-bond acceptors (Lipinski definition) is 3. The molecule has 0 saturated carbocycles. The molecule has 0 unspecified atom stereocenters. The zero-order valence-corrected chi connectivity index (χ0v) is 11.5. The SMILES string of the molecule is Cc1ccccc2c(N)c3c(nc12)[nH]c1cccc(=O)c13. The van der Waals surface area contributed by atoms with E-state index < -0.39 is 0 Å². The number of nitrogen functional groups attached to an aromatic ring is 1. The average Bonchev–Trinajstić information content (AvgIpc) is 2.74. The van der Waals surface area contributed by atoms with Crippen molar-refractivity contribution >= 4 is 38.5 Å². The Kier molecular flexibility index (Phi) is 2.30. The van der Waals surface area contributed by atoms with E-state index in [1.807, 2.05) is 37.3 Å². The Bertz CT molecular complexity index is 1080. The van der Waals surface area contributed by atoms with Crippen molar-refractivity contribution in [1.29, 1.82) is 0 Å². The fourth-order valence-corrected chi connectivity index (χ4v) is 2.88. The molecule has 4 aromatic rings. The maximum Gasteiger partial charge on any atom is 0.188 e. The number of nitrogens with two attached hydrogens (primary N) is 1. The molecule has 21 heavy (non-hydrogen) atoms. The van der Waals surface area contributed by atoms with Crippen LogP contribution < -0.4 is 11.2 Å². The number of anilines is 1. The van der Waals surface area contributed by atoms with E-state index in [1.54, 1.807) is 12.1 Å². The second kappa shape index (κ2) is 4.06. The first kappa shape index (κ1) is 11.9. The number of H-pyrrole nitrogens is 1. The van der Waals surface area contributed by atoms with Gasteiger partial charge in [-0.05, 0) is 24.6 Å². The molecule has 0 aliphatic rings. The van der Waals surface area contributed by atoms with Gasteiger partial charge in [-0.15, -0.1) is 0 Å². The van der Waals surface area contributed by atoms with Crippen LogP contribution in [-0.4, -0.2) is 9.97 Å². The lowest BCUT2D eigenvalue weighted by Gasteiger charge is -2.03. The molecule has 2 aromatic carbocycles. The van der Waals surface area contributed by atoms with Crippen molar-refractivity contribution in [2.45, 2.75) is 6.92 Å². The summed E-state index contributed by atoms with van der Waals surface area (Å²) in [4.78, 5) is 20.0. The number of pyridine rings is 1. The van der Waals surface area contributed by atoms with E-state index in [0.717, 1.165) is 22.0 Å². The van der Waals surface area contributed by atoms with E-state index >= 15 is 0 Å². The molecular formula is C17H13N3O. The van der Waals surface area contributed by atoms with E-state index in [-0.39, 0.29) is 5.43 Å². The van der Waals surface area contributed by atoms with Crippen molar-refractivity contribution in [3.8, 4) is 0 Å². The molecule has 0 saturated heterocycles. The Hall–Kier alpha value is -2.88. The van der Waals surface area contributed by atoms with Crippen molar-refractivity contribution < 1.29 is 0 Å². The average molecular weight is 275 g/mol. The van der Waals surface area contributed by atoms with Crippen LogP contribution in [0.25, 0.3) is 32.8 Å². The van der Waals surface area contributed by atoms with Crippen molar-refractivity contribution in [1.82, 2.24) is 9.97 Å². The molecule has 2 heterocycles. The molecule has 4 rings (SSSR count). The van der Waals surface area contributed by atoms with E-state index in [4.69, 9.17) is 5.73 Å². The summed E-state index contributed by atoms with van der Waals surface area (Å²) in [7, 11) is 0. The van der Waals surface area contributed by atoms with Gasteiger partial charge in [0.25, 0.3) is 0 Å². The minimum absolute atomic E-state index is 0.0383. The maximum atomic E-state index is 12.2. The highest BCUT2D eigenvalue weighted by molar-refractivity contribution is 6.18. The molecular weight excluding hydrogens is 262 g/mol. The second-order valence-electron chi connectivity index (χ2n) is 5.22. The third-order valence-electron chi connectivity index (χ3n) is 3.90. The molecule has 0 aliphatic heterocycles. The van der Waals surface area contributed by atoms with Crippen molar-refractivity contribution in [3.05, 3.63) is 58.3 Å². The monoisotopic (exact) mass is 275 g/mol. The Morgan fingerprint density at radius 2 is 1.86 bits per heavy atom. The number of nitrogens with zero attached hydrogens (tertiary/aromatic N) is 1. The summed E-state index contributed by atoms with van der Waals surface area (Å²) in [5.41, 5.74) is 10.3. The smallest absolute Gasteiger partial charge is 0.188 e. The molecule has 0 amide bonds. The first-order chi connectivity index (χ1) is 10.2. The van der Waals surface area contributed by atoms with E-state index in [0.29, 0.717) is 22.1 Å². The second-order valence-corrected chi connectivity index (χ2v) is 5.22. The number of fused-ring (bicyclic) bond motifs is 4. The molecule has 0 atom stereocenters. The molecule has 2 aromatic heterocycles. The van der Waals surface area contributed by atoms with E-state index in [1.165, 1.54) is 0 Å². The highest BCUT2D eigenvalue weighted by Crippen LogP contribution is 2.32. The lowest BCUT2D eigenvalue weighted by atomic mass is 10.1. The normalized spacial score (nSPS) is 11.5. The fourth-order valence-electron chi connectivity index (χ4n) is 2.88. The van der Waals surface area contributed by atoms with Gasteiger partial charge in [-0.25, -0.2) is 4.98 Å². The number of rotatable bonds is 0. The van der Waals surface area contributed by atoms with Crippen LogP contribution >= 0.6 is 0 Å². The number of benzene rings is 1. The summed E-state index contributed by atoms with van der Waals surface area (Å²) in [6.45, 7) is 2.00. The quantitative estimate of drug-likeness (QED) is 0.518. The van der Waals surface area contributed by atoms with Gasteiger partial charge in [0.2, 0.25) is 0 Å². The predicted octanol–water partition coefficient (Wildman–Crippen LogP) is 3.12. The van der Waals surface area contributed by atoms with Crippen LogP contribution in [0.15, 0.2) is 47.3 Å². The van der Waals surface area contributed by atoms with E-state index in [9.17, 15) is 4.79 Å². The van der Waals surface area contributed by atoms with Gasteiger partial charge in [0.1, 0.15) is 5.65 Å². The number of hydrogen-bond donors (Lipinski definition) is 2. The summed E-state index contributed by atoms with van der Waals surface area (Å²) in [6, 6.07) is 13.0. The van der Waals surface area contributed by atoms with Gasteiger partial charge >= 0.3 is 0 Å². The Labute approximate surface area is 120 Å². The number of nitrogens with one attached hydrogen (secondary N) is 1. The first-order valence-corrected chi connectivity index (χ1v) is 6.76. The Morgan fingerprint density at radius 3 is 2.71 bits per heavy atom. The molecule has 4 nitrogen and oxygen atoms in total. The minimum atomic E-state index is -0.0383. The van der Waals surface area contributed by atoms with Gasteiger partial charge in [0.15, 0.2) is 5.43 Å². The zero-order valence-electron chi connectivity index (χ0n) is 11.5. The van der Waals surface area contributed by atoms with Crippen molar-refractivity contribution in [2.24, 2.45) is 0 Å². The number of aromatic amines is 1. The van der Waals surface area contributed by atoms with Gasteiger partial charge in [0, 0.05) is 5.39 Å². The van der Waals surface area contributed by atoms with Crippen LogP contribution in [0.3, 0.4) is 0 Å². The summed E-state index contributed by atoms with van der Waals surface area (Å²) < 4.78 is 0. The molecule has 4 heteroatoms. The van der Waals surface area contributed by atoms with Crippen molar-refractivity contribution in [3.63, 3.8) is 0 Å². The molecule has 0 spiro atoms. The lowest BCUT2D eigenvalue weighted by molar-refractivity contribution is 1.38. The van der Waals surface area contributed by atoms with Crippen LogP contribution in [0, 0.1) is 6.92 Å². The van der Waals surface area contributed by atoms with Gasteiger partial charge in [-0.2, -0.15) is 0 Å². The Balaban J connectivity index is 2.38. The zero-order chi connectivity index (χ0) is 14.6. The van der Waals surface area contributed by atoms with Crippen LogP contribution in [-0.2, 0) is 0 Å². The van der Waals surface area contributed by atoms with Crippen LogP contribution in [0.4, 0.5) is 5.69 Å². The largest absolute Gasteiger partial charge is 0.398 e. The molecule has 0 bridgehead atoms. The molecule has 3 N–H and O–H groups in total. The van der Waals surface area contributed by atoms with Crippen LogP contribution in [0.2, 0.25) is 0 Å².